The van der Waals surface area contributed by atoms with Crippen LogP contribution in [0.5, 0.6) is 0 Å². The van der Waals surface area contributed by atoms with Crippen LogP contribution in [0.15, 0.2) is 0 Å². The lowest BCUT2D eigenvalue weighted by Crippen LogP contribution is -2.41. The number of hydrogen-bond acceptors (Lipinski definition) is 3. The first kappa shape index (κ1) is 11.5. The summed E-state index contributed by atoms with van der Waals surface area (Å²) in [6, 6.07) is 0. The minimum absolute atomic E-state index is 0.109. The largest absolute Gasteiger partial charge is 0.342 e. The van der Waals surface area contributed by atoms with Gasteiger partial charge in [-0.05, 0) is 18.8 Å². The van der Waals surface area contributed by atoms with Crippen molar-refractivity contribution >= 4 is 5.91 Å². The van der Waals surface area contributed by atoms with Crippen molar-refractivity contribution in [1.82, 2.24) is 4.90 Å². The van der Waals surface area contributed by atoms with Crippen LogP contribution >= 0.6 is 0 Å². The first-order valence-corrected chi connectivity index (χ1v) is 5.25. The smallest absolute Gasteiger partial charge is 0.225 e. The van der Waals surface area contributed by atoms with E-state index in [2.05, 4.69) is 4.84 Å². The number of likely N-dealkylation sites (tertiary alicyclic amines) is 1. The Morgan fingerprint density at radius 3 is 2.50 bits per heavy atom. The van der Waals surface area contributed by atoms with Gasteiger partial charge in [-0.2, -0.15) is 0 Å². The van der Waals surface area contributed by atoms with E-state index in [1.165, 1.54) is 0 Å². The Bertz CT molecular complexity index is 187. The van der Waals surface area contributed by atoms with Crippen molar-refractivity contribution in [2.24, 2.45) is 17.7 Å². The maximum absolute atomic E-state index is 11.6. The summed E-state index contributed by atoms with van der Waals surface area (Å²) in [5, 5.41) is 0. The summed E-state index contributed by atoms with van der Waals surface area (Å²) < 4.78 is 0. The maximum Gasteiger partial charge on any atom is 0.225 e. The zero-order valence-corrected chi connectivity index (χ0v) is 9.03. The van der Waals surface area contributed by atoms with Gasteiger partial charge < -0.3 is 9.74 Å². The zero-order valence-electron chi connectivity index (χ0n) is 9.03. The zero-order chi connectivity index (χ0) is 10.6. The number of rotatable bonds is 3. The average Bonchev–Trinajstić information content (AvgIpc) is 2.18. The Labute approximate surface area is 85.3 Å². The highest BCUT2D eigenvalue weighted by Crippen LogP contribution is 2.18. The first-order chi connectivity index (χ1) is 6.65. The van der Waals surface area contributed by atoms with E-state index in [0.717, 1.165) is 25.9 Å². The summed E-state index contributed by atoms with van der Waals surface area (Å²) in [5.74, 6) is 5.92. The molecule has 1 heterocycles. The molecule has 0 aromatic carbocycles. The van der Waals surface area contributed by atoms with Crippen molar-refractivity contribution in [3.05, 3.63) is 0 Å². The van der Waals surface area contributed by atoms with Crippen LogP contribution in [-0.4, -0.2) is 30.5 Å². The molecule has 1 fully saturated rings. The lowest BCUT2D eigenvalue weighted by molar-refractivity contribution is -0.136. The van der Waals surface area contributed by atoms with E-state index >= 15 is 0 Å². The molecule has 0 atom stereocenters. The average molecular weight is 200 g/mol. The predicted molar refractivity (Wildman–Crippen MR) is 54.3 cm³/mol. The van der Waals surface area contributed by atoms with Crippen LogP contribution in [0.3, 0.4) is 0 Å². The highest BCUT2D eigenvalue weighted by molar-refractivity contribution is 5.78. The van der Waals surface area contributed by atoms with Crippen LogP contribution in [0, 0.1) is 11.8 Å². The summed E-state index contributed by atoms with van der Waals surface area (Å²) in [5.41, 5.74) is 0. The highest BCUT2D eigenvalue weighted by Gasteiger charge is 2.23. The summed E-state index contributed by atoms with van der Waals surface area (Å²) in [6.07, 6.45) is 2.02. The highest BCUT2D eigenvalue weighted by atomic mass is 16.6. The first-order valence-electron chi connectivity index (χ1n) is 5.25. The fourth-order valence-electron chi connectivity index (χ4n) is 1.82. The molecule has 1 rings (SSSR count). The van der Waals surface area contributed by atoms with Gasteiger partial charge in [0, 0.05) is 19.0 Å². The Morgan fingerprint density at radius 1 is 1.50 bits per heavy atom. The molecule has 0 radical (unpaired) electrons. The second kappa shape index (κ2) is 5.32. The third-order valence-corrected chi connectivity index (χ3v) is 2.75. The molecule has 4 nitrogen and oxygen atoms in total. The summed E-state index contributed by atoms with van der Waals surface area (Å²) in [7, 11) is 0. The number of carbonyl (C=O) groups excluding carboxylic acids is 1. The number of nitrogens with two attached hydrogens (primary N) is 1. The monoisotopic (exact) mass is 200 g/mol. The van der Waals surface area contributed by atoms with E-state index in [9.17, 15) is 4.79 Å². The van der Waals surface area contributed by atoms with Crippen LogP contribution in [-0.2, 0) is 9.63 Å². The minimum atomic E-state index is 0.109. The van der Waals surface area contributed by atoms with E-state index in [-0.39, 0.29) is 11.8 Å². The van der Waals surface area contributed by atoms with Gasteiger partial charge in [0.2, 0.25) is 5.91 Å². The second-order valence-corrected chi connectivity index (χ2v) is 4.26. The summed E-state index contributed by atoms with van der Waals surface area (Å²) >= 11 is 0. The van der Waals surface area contributed by atoms with Crippen molar-refractivity contribution in [2.45, 2.75) is 26.7 Å². The Hall–Kier alpha value is -0.610. The van der Waals surface area contributed by atoms with Crippen LogP contribution in [0.4, 0.5) is 0 Å². The summed E-state index contributed by atoms with van der Waals surface area (Å²) in [4.78, 5) is 18.2. The molecule has 0 saturated carbocycles. The number of piperidine rings is 1. The number of hydrogen-bond donors (Lipinski definition) is 1. The molecular formula is C10H20N2O2. The van der Waals surface area contributed by atoms with Crippen molar-refractivity contribution in [1.29, 1.82) is 0 Å². The molecule has 1 aliphatic rings. The van der Waals surface area contributed by atoms with E-state index < -0.39 is 0 Å². The molecule has 1 saturated heterocycles. The molecule has 4 heteroatoms. The van der Waals surface area contributed by atoms with Crippen molar-refractivity contribution < 1.29 is 9.63 Å². The van der Waals surface area contributed by atoms with E-state index in [1.807, 2.05) is 18.7 Å². The molecule has 0 aromatic rings. The molecule has 1 aliphatic heterocycles. The van der Waals surface area contributed by atoms with Crippen LogP contribution in [0.25, 0.3) is 0 Å². The lowest BCUT2D eigenvalue weighted by atomic mass is 9.97. The van der Waals surface area contributed by atoms with Gasteiger partial charge in [-0.15, -0.1) is 0 Å². The molecule has 2 N–H and O–H groups in total. The van der Waals surface area contributed by atoms with E-state index in [4.69, 9.17) is 5.90 Å². The fraction of sp³-hybridized carbons (Fsp3) is 0.900. The maximum atomic E-state index is 11.6. The van der Waals surface area contributed by atoms with Gasteiger partial charge in [-0.25, -0.2) is 5.90 Å². The van der Waals surface area contributed by atoms with Gasteiger partial charge in [-0.1, -0.05) is 13.8 Å². The third kappa shape index (κ3) is 2.96. The van der Waals surface area contributed by atoms with Crippen molar-refractivity contribution in [2.75, 3.05) is 19.7 Å². The lowest BCUT2D eigenvalue weighted by Gasteiger charge is -2.32. The van der Waals surface area contributed by atoms with Gasteiger partial charge >= 0.3 is 0 Å². The topological polar surface area (TPSA) is 55.6 Å². The predicted octanol–water partition coefficient (Wildman–Crippen LogP) is 0.771. The fourth-order valence-corrected chi connectivity index (χ4v) is 1.82. The molecule has 0 aromatic heterocycles. The Kier molecular flexibility index (Phi) is 4.35. The van der Waals surface area contributed by atoms with Crippen LogP contribution < -0.4 is 5.90 Å². The molecule has 0 unspecified atom stereocenters. The van der Waals surface area contributed by atoms with Crippen LogP contribution in [0.2, 0.25) is 0 Å². The molecular weight excluding hydrogens is 180 g/mol. The molecule has 0 aliphatic carbocycles. The number of nitrogens with zero attached hydrogens (tertiary/aromatic N) is 1. The standard InChI is InChI=1S/C10H20N2O2/c1-8(2)10(13)12-5-3-9(4-6-12)7-14-11/h8-9H,3-7,11H2,1-2H3. The van der Waals surface area contributed by atoms with E-state index in [1.54, 1.807) is 0 Å². The van der Waals surface area contributed by atoms with Gasteiger partial charge in [0.15, 0.2) is 0 Å². The molecule has 1 amide bonds. The van der Waals surface area contributed by atoms with E-state index in [0.29, 0.717) is 12.5 Å². The minimum Gasteiger partial charge on any atom is -0.342 e. The van der Waals surface area contributed by atoms with Gasteiger partial charge in [0.1, 0.15) is 0 Å². The van der Waals surface area contributed by atoms with Crippen molar-refractivity contribution in [3.8, 4) is 0 Å². The van der Waals surface area contributed by atoms with Gasteiger partial charge in [-0.3, -0.25) is 4.79 Å². The Balaban J connectivity index is 2.32. The van der Waals surface area contributed by atoms with Gasteiger partial charge in [0.25, 0.3) is 0 Å². The Morgan fingerprint density at radius 2 is 2.07 bits per heavy atom. The van der Waals surface area contributed by atoms with Crippen molar-refractivity contribution in [3.63, 3.8) is 0 Å². The number of amides is 1. The third-order valence-electron chi connectivity index (χ3n) is 2.75. The molecule has 14 heavy (non-hydrogen) atoms. The second-order valence-electron chi connectivity index (χ2n) is 4.26. The summed E-state index contributed by atoms with van der Waals surface area (Å²) in [6.45, 7) is 6.20. The molecule has 82 valence electrons. The quantitative estimate of drug-likeness (QED) is 0.685. The normalized spacial score (nSPS) is 19.0. The SMILES string of the molecule is CC(C)C(=O)N1CCC(CON)CC1. The molecule has 0 bridgehead atoms. The number of carbonyl (C=O) groups is 1. The van der Waals surface area contributed by atoms with Gasteiger partial charge in [0.05, 0.1) is 6.61 Å². The van der Waals surface area contributed by atoms with Crippen LogP contribution in [0.1, 0.15) is 26.7 Å². The molecule has 0 spiro atoms.